The number of ketones is 1. The lowest BCUT2D eigenvalue weighted by Crippen LogP contribution is -2.30. The summed E-state index contributed by atoms with van der Waals surface area (Å²) in [6, 6.07) is 8.84. The summed E-state index contributed by atoms with van der Waals surface area (Å²) in [5, 5.41) is 1.98. The van der Waals surface area contributed by atoms with E-state index in [4.69, 9.17) is 9.47 Å². The van der Waals surface area contributed by atoms with Crippen LogP contribution in [0.25, 0.3) is 0 Å². The van der Waals surface area contributed by atoms with E-state index in [0.29, 0.717) is 23.6 Å². The van der Waals surface area contributed by atoms with Crippen molar-refractivity contribution in [2.24, 2.45) is 0 Å². The number of hydrogen-bond acceptors (Lipinski definition) is 5. The zero-order valence-corrected chi connectivity index (χ0v) is 14.2. The van der Waals surface area contributed by atoms with E-state index in [2.05, 4.69) is 0 Å². The van der Waals surface area contributed by atoms with Gasteiger partial charge in [-0.25, -0.2) is 0 Å². The molecule has 23 heavy (non-hydrogen) atoms. The largest absolute Gasteiger partial charge is 0.493 e. The number of amides is 1. The van der Waals surface area contributed by atoms with E-state index in [0.717, 1.165) is 4.88 Å². The Kier molecular flexibility index (Phi) is 5.76. The Hall–Kier alpha value is -2.34. The molecule has 1 amide bonds. The van der Waals surface area contributed by atoms with Crippen molar-refractivity contribution in [3.63, 3.8) is 0 Å². The third kappa shape index (κ3) is 4.56. The standard InChI is InChI=1S/C17H19NO4S/c1-12(19)13-6-7-15(16(9-13)21-3)22-11-17(20)18(2)10-14-5-4-8-23-14/h4-9H,10-11H2,1-3H3. The van der Waals surface area contributed by atoms with E-state index in [1.165, 1.54) is 14.0 Å². The van der Waals surface area contributed by atoms with Gasteiger partial charge < -0.3 is 14.4 Å². The number of rotatable bonds is 7. The van der Waals surface area contributed by atoms with Crippen LogP contribution in [0.2, 0.25) is 0 Å². The Labute approximate surface area is 139 Å². The van der Waals surface area contributed by atoms with Gasteiger partial charge >= 0.3 is 0 Å². The lowest BCUT2D eigenvalue weighted by Gasteiger charge is -2.17. The first kappa shape index (κ1) is 17.0. The van der Waals surface area contributed by atoms with Gasteiger partial charge in [0.25, 0.3) is 5.91 Å². The number of thiophene rings is 1. The van der Waals surface area contributed by atoms with Gasteiger partial charge in [-0.15, -0.1) is 11.3 Å². The number of likely N-dealkylation sites (N-methyl/N-ethyl adjacent to an activating group) is 1. The minimum absolute atomic E-state index is 0.0541. The Morgan fingerprint density at radius 1 is 1.22 bits per heavy atom. The van der Waals surface area contributed by atoms with Gasteiger partial charge in [-0.3, -0.25) is 9.59 Å². The number of carbonyl (C=O) groups excluding carboxylic acids is 2. The average Bonchev–Trinajstić information content (AvgIpc) is 3.05. The number of hydrogen-bond donors (Lipinski definition) is 0. The molecule has 122 valence electrons. The summed E-state index contributed by atoms with van der Waals surface area (Å²) in [5.41, 5.74) is 0.537. The Morgan fingerprint density at radius 3 is 2.61 bits per heavy atom. The van der Waals surface area contributed by atoms with Gasteiger partial charge in [-0.2, -0.15) is 0 Å². The Bertz CT molecular complexity index is 682. The summed E-state index contributed by atoms with van der Waals surface area (Å²) >= 11 is 1.61. The maximum Gasteiger partial charge on any atom is 0.260 e. The molecule has 0 fully saturated rings. The predicted molar refractivity (Wildman–Crippen MR) is 89.3 cm³/mol. The molecule has 0 radical (unpaired) electrons. The minimum atomic E-state index is -0.129. The second-order valence-electron chi connectivity index (χ2n) is 5.04. The first-order chi connectivity index (χ1) is 11.0. The van der Waals surface area contributed by atoms with E-state index >= 15 is 0 Å². The molecule has 0 aliphatic heterocycles. The van der Waals surface area contributed by atoms with E-state index in [9.17, 15) is 9.59 Å². The van der Waals surface area contributed by atoms with Crippen LogP contribution in [-0.4, -0.2) is 37.4 Å². The highest BCUT2D eigenvalue weighted by molar-refractivity contribution is 7.09. The molecule has 0 aliphatic carbocycles. The summed E-state index contributed by atoms with van der Waals surface area (Å²) in [7, 11) is 3.23. The van der Waals surface area contributed by atoms with Crippen LogP contribution in [0.3, 0.4) is 0 Å². The molecule has 6 heteroatoms. The van der Waals surface area contributed by atoms with Gasteiger partial charge in [0.05, 0.1) is 13.7 Å². The van der Waals surface area contributed by atoms with Crippen LogP contribution in [0, 0.1) is 0 Å². The van der Waals surface area contributed by atoms with Gasteiger partial charge in [0, 0.05) is 17.5 Å². The van der Waals surface area contributed by atoms with Crippen LogP contribution in [0.1, 0.15) is 22.2 Å². The normalized spacial score (nSPS) is 10.2. The molecule has 0 unspecified atom stereocenters. The molecule has 0 bridgehead atoms. The Morgan fingerprint density at radius 2 is 2.00 bits per heavy atom. The average molecular weight is 333 g/mol. The van der Waals surface area contributed by atoms with Crippen LogP contribution in [0.5, 0.6) is 11.5 Å². The highest BCUT2D eigenvalue weighted by atomic mass is 32.1. The number of Topliss-reactive ketones (excluding diaryl/α,β-unsaturated/α-hetero) is 1. The highest BCUT2D eigenvalue weighted by Gasteiger charge is 2.13. The molecule has 0 atom stereocenters. The predicted octanol–water partition coefficient (Wildman–Crippen LogP) is 3.00. The topological polar surface area (TPSA) is 55.8 Å². The first-order valence-electron chi connectivity index (χ1n) is 7.09. The number of benzene rings is 1. The molecule has 1 heterocycles. The summed E-state index contributed by atoms with van der Waals surface area (Å²) in [5.74, 6) is 0.694. The van der Waals surface area contributed by atoms with Crippen molar-refractivity contribution in [2.75, 3.05) is 20.8 Å². The van der Waals surface area contributed by atoms with Crippen molar-refractivity contribution in [1.29, 1.82) is 0 Å². The van der Waals surface area contributed by atoms with Crippen LogP contribution >= 0.6 is 11.3 Å². The van der Waals surface area contributed by atoms with Gasteiger partial charge in [0.1, 0.15) is 0 Å². The molecular weight excluding hydrogens is 314 g/mol. The second kappa shape index (κ2) is 7.78. The summed E-state index contributed by atoms with van der Waals surface area (Å²) < 4.78 is 10.8. The van der Waals surface area contributed by atoms with E-state index in [1.54, 1.807) is 41.5 Å². The van der Waals surface area contributed by atoms with Gasteiger partial charge in [0.2, 0.25) is 0 Å². The Balaban J connectivity index is 1.97. The van der Waals surface area contributed by atoms with Crippen molar-refractivity contribution in [3.8, 4) is 11.5 Å². The van der Waals surface area contributed by atoms with Crippen molar-refractivity contribution >= 4 is 23.0 Å². The maximum absolute atomic E-state index is 12.1. The molecular formula is C17H19NO4S. The van der Waals surface area contributed by atoms with Crippen molar-refractivity contribution < 1.29 is 19.1 Å². The molecule has 1 aromatic carbocycles. The number of methoxy groups -OCH3 is 1. The number of carbonyl (C=O) groups is 2. The van der Waals surface area contributed by atoms with Gasteiger partial charge in [-0.05, 0) is 36.6 Å². The summed E-state index contributed by atoms with van der Waals surface area (Å²) in [4.78, 5) is 26.2. The number of ether oxygens (including phenoxy) is 2. The molecule has 0 saturated heterocycles. The summed E-state index contributed by atoms with van der Waals surface area (Å²) in [6.07, 6.45) is 0. The molecule has 0 saturated carbocycles. The minimum Gasteiger partial charge on any atom is -0.493 e. The van der Waals surface area contributed by atoms with Crippen molar-refractivity contribution in [1.82, 2.24) is 4.90 Å². The molecule has 1 aromatic heterocycles. The quantitative estimate of drug-likeness (QED) is 0.731. The molecule has 2 rings (SSSR count). The fourth-order valence-electron chi connectivity index (χ4n) is 1.98. The molecule has 0 aliphatic rings. The molecule has 0 spiro atoms. The third-order valence-corrected chi connectivity index (χ3v) is 4.18. The maximum atomic E-state index is 12.1. The van der Waals surface area contributed by atoms with Crippen LogP contribution < -0.4 is 9.47 Å². The molecule has 0 N–H and O–H groups in total. The smallest absolute Gasteiger partial charge is 0.260 e. The fourth-order valence-corrected chi connectivity index (χ4v) is 2.74. The fraction of sp³-hybridized carbons (Fsp3) is 0.294. The van der Waals surface area contributed by atoms with Crippen LogP contribution in [0.4, 0.5) is 0 Å². The lowest BCUT2D eigenvalue weighted by molar-refractivity contribution is -0.132. The summed E-state index contributed by atoms with van der Waals surface area (Å²) in [6.45, 7) is 1.95. The van der Waals surface area contributed by atoms with Crippen molar-refractivity contribution in [2.45, 2.75) is 13.5 Å². The van der Waals surface area contributed by atoms with E-state index in [-0.39, 0.29) is 18.3 Å². The second-order valence-corrected chi connectivity index (χ2v) is 6.07. The number of nitrogens with zero attached hydrogens (tertiary/aromatic N) is 1. The van der Waals surface area contributed by atoms with Gasteiger partial charge in [-0.1, -0.05) is 6.07 Å². The zero-order chi connectivity index (χ0) is 16.8. The first-order valence-corrected chi connectivity index (χ1v) is 7.97. The highest BCUT2D eigenvalue weighted by Crippen LogP contribution is 2.28. The zero-order valence-electron chi connectivity index (χ0n) is 13.4. The van der Waals surface area contributed by atoms with E-state index < -0.39 is 0 Å². The van der Waals surface area contributed by atoms with Gasteiger partial charge in [0.15, 0.2) is 23.9 Å². The van der Waals surface area contributed by atoms with Crippen LogP contribution in [-0.2, 0) is 11.3 Å². The monoisotopic (exact) mass is 333 g/mol. The third-order valence-electron chi connectivity index (χ3n) is 3.32. The van der Waals surface area contributed by atoms with Crippen molar-refractivity contribution in [3.05, 3.63) is 46.2 Å². The molecule has 2 aromatic rings. The SMILES string of the molecule is COc1cc(C(C)=O)ccc1OCC(=O)N(C)Cc1cccs1. The van der Waals surface area contributed by atoms with E-state index in [1.807, 2.05) is 17.5 Å². The lowest BCUT2D eigenvalue weighted by atomic mass is 10.1. The molecule has 5 nitrogen and oxygen atoms in total. The van der Waals surface area contributed by atoms with Crippen LogP contribution in [0.15, 0.2) is 35.7 Å².